The number of piperidine rings is 1. The van der Waals surface area contributed by atoms with E-state index in [9.17, 15) is 4.79 Å². The van der Waals surface area contributed by atoms with Crippen LogP contribution in [0, 0.1) is 0 Å². The van der Waals surface area contributed by atoms with E-state index in [1.165, 1.54) is 0 Å². The molecule has 5 heteroatoms. The molecule has 0 saturated carbocycles. The van der Waals surface area contributed by atoms with Crippen LogP contribution in [0.5, 0.6) is 0 Å². The summed E-state index contributed by atoms with van der Waals surface area (Å²) in [4.78, 5) is 14.2. The van der Waals surface area contributed by atoms with Crippen LogP contribution in [0.2, 0.25) is 18.1 Å². The van der Waals surface area contributed by atoms with Crippen LogP contribution in [0.1, 0.15) is 61.3 Å². The van der Waals surface area contributed by atoms with Crippen LogP contribution in [0.25, 0.3) is 0 Å². The van der Waals surface area contributed by atoms with Gasteiger partial charge in [-0.2, -0.15) is 0 Å². The average Bonchev–Trinajstić information content (AvgIpc) is 2.27. The van der Waals surface area contributed by atoms with Gasteiger partial charge in [0.1, 0.15) is 5.60 Å². The number of nitrogens with zero attached hydrogens (tertiary/aromatic N) is 1. The molecule has 1 fully saturated rings. The van der Waals surface area contributed by atoms with Gasteiger partial charge in [0.15, 0.2) is 8.32 Å². The molecular formula is C17H35NO3Si. The van der Waals surface area contributed by atoms with Gasteiger partial charge in [0.25, 0.3) is 0 Å². The van der Waals surface area contributed by atoms with E-state index in [-0.39, 0.29) is 23.3 Å². The van der Waals surface area contributed by atoms with Gasteiger partial charge >= 0.3 is 6.09 Å². The highest BCUT2D eigenvalue weighted by Gasteiger charge is 2.42. The summed E-state index contributed by atoms with van der Waals surface area (Å²) in [5, 5.41) is 0.181. The molecule has 0 aliphatic carbocycles. The minimum Gasteiger partial charge on any atom is -0.444 e. The summed E-state index contributed by atoms with van der Waals surface area (Å²) in [6.07, 6.45) is 1.89. The molecule has 0 aromatic rings. The quantitative estimate of drug-likeness (QED) is 0.683. The molecular weight excluding hydrogens is 294 g/mol. The Balaban J connectivity index is 2.78. The summed E-state index contributed by atoms with van der Waals surface area (Å²) in [6.45, 7) is 19.8. The molecule has 2 atom stereocenters. The zero-order valence-electron chi connectivity index (χ0n) is 15.9. The number of ether oxygens (including phenoxy) is 1. The van der Waals surface area contributed by atoms with Gasteiger partial charge in [0.2, 0.25) is 0 Å². The van der Waals surface area contributed by atoms with E-state index in [0.717, 1.165) is 19.4 Å². The van der Waals surface area contributed by atoms with Crippen molar-refractivity contribution in [2.24, 2.45) is 0 Å². The van der Waals surface area contributed by atoms with Gasteiger partial charge in [-0.05, 0) is 58.7 Å². The SMILES string of the molecule is C[C@@H]1[C@@H](O[Si](C)(C)C(C)(C)C)CCCN1C(=O)OC(C)(C)C. The third-order valence-corrected chi connectivity index (χ3v) is 9.30. The Kier molecular flexibility index (Phi) is 5.77. The van der Waals surface area contributed by atoms with Crippen molar-refractivity contribution in [3.8, 4) is 0 Å². The second kappa shape index (κ2) is 6.52. The number of carbonyl (C=O) groups excluding carboxylic acids is 1. The molecule has 130 valence electrons. The van der Waals surface area contributed by atoms with Crippen molar-refractivity contribution in [3.05, 3.63) is 0 Å². The fraction of sp³-hybridized carbons (Fsp3) is 0.941. The van der Waals surface area contributed by atoms with Crippen molar-refractivity contribution >= 4 is 14.4 Å². The Bertz CT molecular complexity index is 396. The fourth-order valence-corrected chi connectivity index (χ4v) is 3.82. The lowest BCUT2D eigenvalue weighted by atomic mass is 10.0. The second-order valence-corrected chi connectivity index (χ2v) is 13.7. The highest BCUT2D eigenvalue weighted by atomic mass is 28.4. The first-order valence-electron chi connectivity index (χ1n) is 8.42. The van der Waals surface area contributed by atoms with Crippen molar-refractivity contribution in [1.29, 1.82) is 0 Å². The maximum Gasteiger partial charge on any atom is 0.410 e. The van der Waals surface area contributed by atoms with E-state index in [4.69, 9.17) is 9.16 Å². The third-order valence-electron chi connectivity index (χ3n) is 4.80. The lowest BCUT2D eigenvalue weighted by Crippen LogP contribution is -2.55. The zero-order valence-corrected chi connectivity index (χ0v) is 16.9. The lowest BCUT2D eigenvalue weighted by molar-refractivity contribution is -0.0148. The molecule has 0 spiro atoms. The summed E-state index contributed by atoms with van der Waals surface area (Å²) in [6, 6.07) is 0.0673. The van der Waals surface area contributed by atoms with Crippen molar-refractivity contribution < 1.29 is 14.0 Å². The third kappa shape index (κ3) is 4.98. The number of hydrogen-bond donors (Lipinski definition) is 0. The van der Waals surface area contributed by atoms with Crippen molar-refractivity contribution in [2.75, 3.05) is 6.54 Å². The molecule has 1 aliphatic heterocycles. The molecule has 0 aromatic heterocycles. The molecule has 1 heterocycles. The van der Waals surface area contributed by atoms with Crippen LogP contribution in [0.15, 0.2) is 0 Å². The van der Waals surface area contributed by atoms with E-state index >= 15 is 0 Å². The number of hydrogen-bond acceptors (Lipinski definition) is 3. The molecule has 1 aliphatic rings. The Labute approximate surface area is 137 Å². The molecule has 0 unspecified atom stereocenters. The van der Waals surface area contributed by atoms with Gasteiger partial charge in [0.05, 0.1) is 12.1 Å². The minimum atomic E-state index is -1.82. The molecule has 0 bridgehead atoms. The fourth-order valence-electron chi connectivity index (χ4n) is 2.40. The van der Waals surface area contributed by atoms with Crippen LogP contribution in [0.4, 0.5) is 4.79 Å². The molecule has 1 saturated heterocycles. The van der Waals surface area contributed by atoms with Gasteiger partial charge in [-0.25, -0.2) is 4.79 Å². The van der Waals surface area contributed by atoms with E-state index in [2.05, 4.69) is 40.8 Å². The molecule has 4 nitrogen and oxygen atoms in total. The van der Waals surface area contributed by atoms with Gasteiger partial charge < -0.3 is 14.1 Å². The first-order chi connectivity index (χ1) is 9.74. The summed E-state index contributed by atoms with van der Waals surface area (Å²) in [5.74, 6) is 0. The lowest BCUT2D eigenvalue weighted by Gasteiger charge is -2.45. The molecule has 1 amide bonds. The van der Waals surface area contributed by atoms with Gasteiger partial charge in [-0.15, -0.1) is 0 Å². The smallest absolute Gasteiger partial charge is 0.410 e. The largest absolute Gasteiger partial charge is 0.444 e. The van der Waals surface area contributed by atoms with Crippen molar-refractivity contribution in [3.63, 3.8) is 0 Å². The van der Waals surface area contributed by atoms with Crippen LogP contribution < -0.4 is 0 Å². The highest BCUT2D eigenvalue weighted by Crippen LogP contribution is 2.39. The number of likely N-dealkylation sites (tertiary alicyclic amines) is 1. The Morgan fingerprint density at radius 2 is 1.68 bits per heavy atom. The first-order valence-corrected chi connectivity index (χ1v) is 11.3. The molecule has 1 rings (SSSR count). The number of carbonyl (C=O) groups is 1. The summed E-state index contributed by atoms with van der Waals surface area (Å²) in [7, 11) is -1.82. The van der Waals surface area contributed by atoms with Gasteiger partial charge in [0, 0.05) is 6.54 Å². The Morgan fingerprint density at radius 1 is 1.14 bits per heavy atom. The maximum atomic E-state index is 12.4. The monoisotopic (exact) mass is 329 g/mol. The van der Waals surface area contributed by atoms with Crippen LogP contribution in [0.3, 0.4) is 0 Å². The van der Waals surface area contributed by atoms with Gasteiger partial charge in [-0.1, -0.05) is 20.8 Å². The first kappa shape index (κ1) is 19.5. The van der Waals surface area contributed by atoms with Crippen LogP contribution in [-0.4, -0.2) is 43.6 Å². The standard InChI is InChI=1S/C17H35NO3Si/c1-13-14(21-22(8,9)17(5,6)7)11-10-12-18(13)15(19)20-16(2,3)4/h13-14H,10-12H2,1-9H3/t13-,14+/m1/s1. The van der Waals surface area contributed by atoms with E-state index in [1.807, 2.05) is 25.7 Å². The van der Waals surface area contributed by atoms with Crippen LogP contribution in [-0.2, 0) is 9.16 Å². The maximum absolute atomic E-state index is 12.4. The predicted molar refractivity (Wildman–Crippen MR) is 93.7 cm³/mol. The van der Waals surface area contributed by atoms with Crippen LogP contribution >= 0.6 is 0 Å². The van der Waals surface area contributed by atoms with Crippen molar-refractivity contribution in [2.45, 2.75) is 97.2 Å². The molecule has 0 aromatic carbocycles. The van der Waals surface area contributed by atoms with E-state index < -0.39 is 13.9 Å². The molecule has 0 N–H and O–H groups in total. The zero-order chi connectivity index (χ0) is 17.3. The Morgan fingerprint density at radius 3 is 2.14 bits per heavy atom. The van der Waals surface area contributed by atoms with E-state index in [1.54, 1.807) is 0 Å². The van der Waals surface area contributed by atoms with Crippen molar-refractivity contribution in [1.82, 2.24) is 4.90 Å². The predicted octanol–water partition coefficient (Wildman–Crippen LogP) is 4.80. The second-order valence-electron chi connectivity index (χ2n) is 8.97. The highest BCUT2D eigenvalue weighted by molar-refractivity contribution is 6.74. The topological polar surface area (TPSA) is 38.8 Å². The minimum absolute atomic E-state index is 0.0673. The van der Waals surface area contributed by atoms with Gasteiger partial charge in [-0.3, -0.25) is 0 Å². The number of amides is 1. The summed E-state index contributed by atoms with van der Waals surface area (Å²) in [5.41, 5.74) is -0.454. The number of rotatable bonds is 2. The Hall–Kier alpha value is -0.553. The molecule has 0 radical (unpaired) electrons. The van der Waals surface area contributed by atoms with E-state index in [0.29, 0.717) is 0 Å². The normalized spacial score (nSPS) is 24.3. The summed E-state index contributed by atoms with van der Waals surface area (Å²) < 4.78 is 12.1. The average molecular weight is 330 g/mol. The summed E-state index contributed by atoms with van der Waals surface area (Å²) >= 11 is 0. The molecule has 22 heavy (non-hydrogen) atoms.